The van der Waals surface area contributed by atoms with Gasteiger partial charge in [0.15, 0.2) is 11.5 Å². The van der Waals surface area contributed by atoms with E-state index in [4.69, 9.17) is 9.84 Å². The van der Waals surface area contributed by atoms with Gasteiger partial charge in [-0.3, -0.25) is 5.32 Å². The monoisotopic (exact) mass is 197 g/mol. The molecule has 1 rings (SSSR count). The lowest BCUT2D eigenvalue weighted by molar-refractivity contribution is 0.0557. The summed E-state index contributed by atoms with van der Waals surface area (Å²) in [4.78, 5) is 0. The topological polar surface area (TPSA) is 61.7 Å². The zero-order valence-electron chi connectivity index (χ0n) is 8.32. The fourth-order valence-electron chi connectivity index (χ4n) is 1.10. The van der Waals surface area contributed by atoms with Gasteiger partial charge in [0.25, 0.3) is 0 Å². The van der Waals surface area contributed by atoms with Crippen molar-refractivity contribution in [1.82, 2.24) is 5.32 Å². The second-order valence-electron chi connectivity index (χ2n) is 3.05. The fraction of sp³-hybridized carbons (Fsp3) is 0.400. The molecule has 0 spiro atoms. The maximum atomic E-state index is 9.25. The van der Waals surface area contributed by atoms with Gasteiger partial charge in [0.1, 0.15) is 0 Å². The molecule has 14 heavy (non-hydrogen) atoms. The van der Waals surface area contributed by atoms with Crippen LogP contribution in [0.4, 0.5) is 0 Å². The molecule has 78 valence electrons. The Hall–Kier alpha value is -1.26. The number of rotatable bonds is 4. The van der Waals surface area contributed by atoms with E-state index >= 15 is 0 Å². The maximum Gasteiger partial charge on any atom is 0.157 e. The molecular formula is C10H15NO3. The number of phenolic OH excluding ortho intramolecular Hbond substituents is 2. The third-order valence-electron chi connectivity index (χ3n) is 1.95. The summed E-state index contributed by atoms with van der Waals surface area (Å²) in [6.07, 6.45) is -0.117. The van der Waals surface area contributed by atoms with E-state index in [2.05, 4.69) is 5.32 Å². The first-order chi connectivity index (χ1) is 6.65. The van der Waals surface area contributed by atoms with E-state index in [1.807, 2.05) is 6.92 Å². The molecule has 1 unspecified atom stereocenters. The number of hydrogen-bond donors (Lipinski definition) is 3. The van der Waals surface area contributed by atoms with Gasteiger partial charge in [-0.2, -0.15) is 0 Å². The zero-order valence-corrected chi connectivity index (χ0v) is 8.32. The predicted octanol–water partition coefficient (Wildman–Crippen LogP) is 1.35. The van der Waals surface area contributed by atoms with Crippen molar-refractivity contribution >= 4 is 0 Å². The molecule has 1 aromatic carbocycles. The fourth-order valence-corrected chi connectivity index (χ4v) is 1.10. The lowest BCUT2D eigenvalue weighted by Crippen LogP contribution is -2.13. The minimum Gasteiger partial charge on any atom is -0.504 e. The van der Waals surface area contributed by atoms with Crippen LogP contribution in [0.15, 0.2) is 18.2 Å². The van der Waals surface area contributed by atoms with E-state index < -0.39 is 0 Å². The minimum atomic E-state index is -0.123. The number of ether oxygens (including phenoxy) is 1. The highest BCUT2D eigenvalue weighted by Gasteiger charge is 2.07. The van der Waals surface area contributed by atoms with E-state index in [-0.39, 0.29) is 17.6 Å². The predicted molar refractivity (Wildman–Crippen MR) is 53.2 cm³/mol. The molecule has 0 aliphatic carbocycles. The van der Waals surface area contributed by atoms with Crippen molar-refractivity contribution in [2.45, 2.75) is 13.0 Å². The Bertz CT molecular complexity index is 301. The smallest absolute Gasteiger partial charge is 0.157 e. The second kappa shape index (κ2) is 4.83. The molecule has 0 radical (unpaired) electrons. The van der Waals surface area contributed by atoms with Crippen LogP contribution in [0.3, 0.4) is 0 Å². The number of nitrogens with one attached hydrogen (secondary N) is 1. The van der Waals surface area contributed by atoms with Crippen molar-refractivity contribution in [1.29, 1.82) is 0 Å². The van der Waals surface area contributed by atoms with Gasteiger partial charge in [-0.05, 0) is 31.7 Å². The Kier molecular flexibility index (Phi) is 3.73. The third-order valence-corrected chi connectivity index (χ3v) is 1.95. The quantitative estimate of drug-likeness (QED) is 0.503. The highest BCUT2D eigenvalue weighted by molar-refractivity contribution is 5.41. The van der Waals surface area contributed by atoms with Gasteiger partial charge < -0.3 is 14.9 Å². The van der Waals surface area contributed by atoms with Crippen molar-refractivity contribution in [3.8, 4) is 11.5 Å². The molecule has 0 aliphatic heterocycles. The average molecular weight is 197 g/mol. The van der Waals surface area contributed by atoms with Crippen molar-refractivity contribution in [3.63, 3.8) is 0 Å². The molecule has 0 saturated heterocycles. The Morgan fingerprint density at radius 2 is 2.07 bits per heavy atom. The summed E-state index contributed by atoms with van der Waals surface area (Å²) in [5.74, 6) is -0.239. The molecule has 4 heteroatoms. The SMILES string of the molecule is CNCOC(C)c1ccc(O)c(O)c1. The minimum absolute atomic E-state index is 0.116. The molecule has 0 amide bonds. The van der Waals surface area contributed by atoms with Crippen LogP contribution in [0.5, 0.6) is 11.5 Å². The zero-order chi connectivity index (χ0) is 10.6. The number of aromatic hydroxyl groups is 2. The Labute approximate surface area is 83.1 Å². The Balaban J connectivity index is 2.70. The Morgan fingerprint density at radius 3 is 2.64 bits per heavy atom. The summed E-state index contributed by atoms with van der Waals surface area (Å²) in [5, 5.41) is 21.2. The molecular weight excluding hydrogens is 182 g/mol. The summed E-state index contributed by atoms with van der Waals surface area (Å²) in [7, 11) is 1.79. The summed E-state index contributed by atoms with van der Waals surface area (Å²) in [5.41, 5.74) is 0.829. The Morgan fingerprint density at radius 1 is 1.36 bits per heavy atom. The molecule has 0 aliphatic rings. The average Bonchev–Trinajstić information content (AvgIpc) is 2.18. The number of phenols is 2. The van der Waals surface area contributed by atoms with E-state index in [1.54, 1.807) is 13.1 Å². The summed E-state index contributed by atoms with van der Waals surface area (Å²) < 4.78 is 5.37. The van der Waals surface area contributed by atoms with Crippen molar-refractivity contribution in [2.24, 2.45) is 0 Å². The first-order valence-electron chi connectivity index (χ1n) is 4.43. The van der Waals surface area contributed by atoms with Crippen LogP contribution in [0, 0.1) is 0 Å². The van der Waals surface area contributed by atoms with Crippen LogP contribution >= 0.6 is 0 Å². The van der Waals surface area contributed by atoms with Crippen LogP contribution in [0.25, 0.3) is 0 Å². The lowest BCUT2D eigenvalue weighted by atomic mass is 10.1. The molecule has 0 saturated carbocycles. The van der Waals surface area contributed by atoms with Gasteiger partial charge >= 0.3 is 0 Å². The second-order valence-corrected chi connectivity index (χ2v) is 3.05. The van der Waals surface area contributed by atoms with Crippen LogP contribution in [-0.2, 0) is 4.74 Å². The number of hydrogen-bond acceptors (Lipinski definition) is 4. The van der Waals surface area contributed by atoms with E-state index in [0.29, 0.717) is 6.73 Å². The molecule has 0 bridgehead atoms. The summed E-state index contributed by atoms with van der Waals surface area (Å²) >= 11 is 0. The van der Waals surface area contributed by atoms with Gasteiger partial charge in [0.05, 0.1) is 12.8 Å². The lowest BCUT2D eigenvalue weighted by Gasteiger charge is -2.13. The molecule has 0 heterocycles. The van der Waals surface area contributed by atoms with E-state index in [1.165, 1.54) is 12.1 Å². The summed E-state index contributed by atoms with van der Waals surface area (Å²) in [6, 6.07) is 4.66. The van der Waals surface area contributed by atoms with Gasteiger partial charge in [-0.25, -0.2) is 0 Å². The highest BCUT2D eigenvalue weighted by atomic mass is 16.5. The number of benzene rings is 1. The van der Waals surface area contributed by atoms with Crippen LogP contribution in [0.2, 0.25) is 0 Å². The molecule has 1 atom stereocenters. The summed E-state index contributed by atoms with van der Waals surface area (Å²) in [6.45, 7) is 2.33. The first-order valence-corrected chi connectivity index (χ1v) is 4.43. The molecule has 1 aromatic rings. The van der Waals surface area contributed by atoms with Gasteiger partial charge in [-0.1, -0.05) is 6.07 Å². The van der Waals surface area contributed by atoms with E-state index in [0.717, 1.165) is 5.56 Å². The van der Waals surface area contributed by atoms with Crippen LogP contribution in [-0.4, -0.2) is 24.0 Å². The molecule has 3 N–H and O–H groups in total. The van der Waals surface area contributed by atoms with Crippen LogP contribution in [0.1, 0.15) is 18.6 Å². The van der Waals surface area contributed by atoms with Gasteiger partial charge in [-0.15, -0.1) is 0 Å². The van der Waals surface area contributed by atoms with Gasteiger partial charge in [0, 0.05) is 0 Å². The van der Waals surface area contributed by atoms with Crippen LogP contribution < -0.4 is 5.32 Å². The molecule has 4 nitrogen and oxygen atoms in total. The maximum absolute atomic E-state index is 9.25. The van der Waals surface area contributed by atoms with Crippen molar-refractivity contribution < 1.29 is 14.9 Å². The molecule has 0 fully saturated rings. The largest absolute Gasteiger partial charge is 0.504 e. The first kappa shape index (κ1) is 10.8. The van der Waals surface area contributed by atoms with Crippen molar-refractivity contribution in [3.05, 3.63) is 23.8 Å². The van der Waals surface area contributed by atoms with Gasteiger partial charge in [0.2, 0.25) is 0 Å². The normalized spacial score (nSPS) is 12.7. The highest BCUT2D eigenvalue weighted by Crippen LogP contribution is 2.28. The standard InChI is InChI=1S/C10H15NO3/c1-7(14-6-11-2)8-3-4-9(12)10(13)5-8/h3-5,7,11-13H,6H2,1-2H3. The molecule has 0 aromatic heterocycles. The third kappa shape index (κ3) is 2.61. The van der Waals surface area contributed by atoms with Crippen molar-refractivity contribution in [2.75, 3.05) is 13.8 Å². The van der Waals surface area contributed by atoms with E-state index in [9.17, 15) is 5.11 Å².